The second-order valence-corrected chi connectivity index (χ2v) is 3.57. The second kappa shape index (κ2) is 7.49. The van der Waals surface area contributed by atoms with Crippen molar-refractivity contribution in [3.63, 3.8) is 0 Å². The van der Waals surface area contributed by atoms with Crippen LogP contribution in [0.3, 0.4) is 0 Å². The number of hydrogen-bond donors (Lipinski definition) is 1. The molecule has 90 valence electrons. The lowest BCUT2D eigenvalue weighted by Crippen LogP contribution is -2.24. The first-order valence-electron chi connectivity index (χ1n) is 4.83. The van der Waals surface area contributed by atoms with Gasteiger partial charge < -0.3 is 10.5 Å². The van der Waals surface area contributed by atoms with E-state index in [1.54, 1.807) is 24.3 Å². The smallest absolute Gasteiger partial charge is 0.327 e. The van der Waals surface area contributed by atoms with E-state index in [1.807, 2.05) is 6.92 Å². The van der Waals surface area contributed by atoms with Crippen LogP contribution in [0.2, 0.25) is 5.02 Å². The van der Waals surface area contributed by atoms with Crippen LogP contribution in [0.4, 0.5) is 0 Å². The summed E-state index contributed by atoms with van der Waals surface area (Å²) in [5.41, 5.74) is 6.32. The number of carbonyl (C=O) groups is 1. The SMILES string of the molecule is CCCOC(=O)C(N)c1ccccc1Cl.Cl. The van der Waals surface area contributed by atoms with Crippen molar-refractivity contribution in [1.29, 1.82) is 0 Å². The van der Waals surface area contributed by atoms with Crippen LogP contribution >= 0.6 is 24.0 Å². The lowest BCUT2D eigenvalue weighted by molar-refractivity contribution is -0.145. The zero-order chi connectivity index (χ0) is 11.3. The van der Waals surface area contributed by atoms with E-state index in [-0.39, 0.29) is 12.4 Å². The van der Waals surface area contributed by atoms with E-state index in [2.05, 4.69) is 0 Å². The molecule has 1 aromatic rings. The Hall–Kier alpha value is -0.770. The van der Waals surface area contributed by atoms with Gasteiger partial charge in [-0.15, -0.1) is 12.4 Å². The Morgan fingerprint density at radius 3 is 2.69 bits per heavy atom. The van der Waals surface area contributed by atoms with Gasteiger partial charge in [0.2, 0.25) is 0 Å². The molecule has 0 amide bonds. The van der Waals surface area contributed by atoms with Crippen molar-refractivity contribution in [2.75, 3.05) is 6.61 Å². The number of carbonyl (C=O) groups excluding carboxylic acids is 1. The first-order chi connectivity index (χ1) is 7.16. The minimum atomic E-state index is -0.801. The molecule has 5 heteroatoms. The Morgan fingerprint density at radius 2 is 2.12 bits per heavy atom. The lowest BCUT2D eigenvalue weighted by Gasteiger charge is -2.12. The Kier molecular flexibility index (Phi) is 7.13. The predicted octanol–water partition coefficient (Wildman–Crippen LogP) is 2.71. The summed E-state index contributed by atoms with van der Waals surface area (Å²) in [6.07, 6.45) is 0.779. The second-order valence-electron chi connectivity index (χ2n) is 3.17. The van der Waals surface area contributed by atoms with Crippen molar-refractivity contribution >= 4 is 30.0 Å². The van der Waals surface area contributed by atoms with E-state index >= 15 is 0 Å². The van der Waals surface area contributed by atoms with Gasteiger partial charge in [0.25, 0.3) is 0 Å². The molecule has 2 N–H and O–H groups in total. The van der Waals surface area contributed by atoms with Gasteiger partial charge in [-0.05, 0) is 18.1 Å². The minimum Gasteiger partial charge on any atom is -0.464 e. The third kappa shape index (κ3) is 4.00. The summed E-state index contributed by atoms with van der Waals surface area (Å²) in [4.78, 5) is 11.4. The molecule has 0 aromatic heterocycles. The number of esters is 1. The minimum absolute atomic E-state index is 0. The molecule has 0 spiro atoms. The van der Waals surface area contributed by atoms with Crippen molar-refractivity contribution in [2.45, 2.75) is 19.4 Å². The van der Waals surface area contributed by atoms with E-state index in [9.17, 15) is 4.79 Å². The average Bonchev–Trinajstić information content (AvgIpc) is 2.25. The third-order valence-electron chi connectivity index (χ3n) is 1.94. The van der Waals surface area contributed by atoms with Crippen LogP contribution < -0.4 is 5.73 Å². The van der Waals surface area contributed by atoms with Gasteiger partial charge in [0.05, 0.1) is 6.61 Å². The summed E-state index contributed by atoms with van der Waals surface area (Å²) in [5.74, 6) is -0.440. The maximum absolute atomic E-state index is 11.4. The van der Waals surface area contributed by atoms with Gasteiger partial charge in [0.1, 0.15) is 6.04 Å². The zero-order valence-electron chi connectivity index (χ0n) is 8.98. The Bertz CT molecular complexity index is 345. The summed E-state index contributed by atoms with van der Waals surface area (Å²) in [6, 6.07) is 6.19. The summed E-state index contributed by atoms with van der Waals surface area (Å²) < 4.78 is 4.94. The number of halogens is 2. The molecule has 0 saturated carbocycles. The fraction of sp³-hybridized carbons (Fsp3) is 0.364. The summed E-state index contributed by atoms with van der Waals surface area (Å²) in [6.45, 7) is 2.31. The van der Waals surface area contributed by atoms with E-state index in [1.165, 1.54) is 0 Å². The van der Waals surface area contributed by atoms with Crippen LogP contribution in [0.25, 0.3) is 0 Å². The van der Waals surface area contributed by atoms with Crippen LogP contribution in [0.1, 0.15) is 24.9 Å². The molecule has 1 unspecified atom stereocenters. The highest BCUT2D eigenvalue weighted by atomic mass is 35.5. The molecule has 0 aliphatic carbocycles. The third-order valence-corrected chi connectivity index (χ3v) is 2.29. The first kappa shape index (κ1) is 15.2. The van der Waals surface area contributed by atoms with Crippen LogP contribution in [-0.2, 0) is 9.53 Å². The fourth-order valence-electron chi connectivity index (χ4n) is 1.15. The molecule has 0 bridgehead atoms. The summed E-state index contributed by atoms with van der Waals surface area (Å²) in [7, 11) is 0. The van der Waals surface area contributed by atoms with Gasteiger partial charge in [0, 0.05) is 5.02 Å². The molecular formula is C11H15Cl2NO2. The molecule has 0 radical (unpaired) electrons. The zero-order valence-corrected chi connectivity index (χ0v) is 10.6. The molecule has 0 heterocycles. The molecule has 0 aliphatic heterocycles. The molecule has 1 atom stereocenters. The summed E-state index contributed by atoms with van der Waals surface area (Å²) in [5, 5.41) is 0.485. The van der Waals surface area contributed by atoms with Crippen LogP contribution in [0, 0.1) is 0 Å². The highest BCUT2D eigenvalue weighted by molar-refractivity contribution is 6.31. The normalized spacial score (nSPS) is 11.4. The molecule has 1 rings (SSSR count). The van der Waals surface area contributed by atoms with Crippen molar-refractivity contribution in [2.24, 2.45) is 5.73 Å². The summed E-state index contributed by atoms with van der Waals surface area (Å²) >= 11 is 5.91. The number of hydrogen-bond acceptors (Lipinski definition) is 3. The first-order valence-corrected chi connectivity index (χ1v) is 5.21. The van der Waals surface area contributed by atoms with Gasteiger partial charge >= 0.3 is 5.97 Å². The Labute approximate surface area is 106 Å². The van der Waals surface area contributed by atoms with Crippen molar-refractivity contribution in [3.8, 4) is 0 Å². The average molecular weight is 264 g/mol. The highest BCUT2D eigenvalue weighted by Crippen LogP contribution is 2.21. The molecule has 0 fully saturated rings. The van der Waals surface area contributed by atoms with Crippen LogP contribution in [-0.4, -0.2) is 12.6 Å². The highest BCUT2D eigenvalue weighted by Gasteiger charge is 2.19. The van der Waals surface area contributed by atoms with Crippen LogP contribution in [0.5, 0.6) is 0 Å². The van der Waals surface area contributed by atoms with E-state index in [4.69, 9.17) is 22.1 Å². The van der Waals surface area contributed by atoms with E-state index in [0.29, 0.717) is 17.2 Å². The standard InChI is InChI=1S/C11H14ClNO2.ClH/c1-2-7-15-11(14)10(13)8-5-3-4-6-9(8)12;/h3-6,10H,2,7,13H2,1H3;1H. The number of rotatable bonds is 4. The maximum atomic E-state index is 11.4. The van der Waals surface area contributed by atoms with Crippen molar-refractivity contribution in [1.82, 2.24) is 0 Å². The van der Waals surface area contributed by atoms with Gasteiger partial charge in [-0.1, -0.05) is 36.7 Å². The molecule has 1 aromatic carbocycles. The Balaban J connectivity index is 0.00000225. The molecule has 3 nitrogen and oxygen atoms in total. The largest absolute Gasteiger partial charge is 0.464 e. The van der Waals surface area contributed by atoms with Crippen LogP contribution in [0.15, 0.2) is 24.3 Å². The lowest BCUT2D eigenvalue weighted by atomic mass is 10.1. The quantitative estimate of drug-likeness (QED) is 0.850. The van der Waals surface area contributed by atoms with Crippen molar-refractivity contribution < 1.29 is 9.53 Å². The number of benzene rings is 1. The monoisotopic (exact) mass is 263 g/mol. The van der Waals surface area contributed by atoms with Gasteiger partial charge in [-0.25, -0.2) is 4.79 Å². The van der Waals surface area contributed by atoms with E-state index in [0.717, 1.165) is 6.42 Å². The fourth-order valence-corrected chi connectivity index (χ4v) is 1.40. The molecule has 0 aliphatic rings. The predicted molar refractivity (Wildman–Crippen MR) is 66.9 cm³/mol. The maximum Gasteiger partial charge on any atom is 0.327 e. The Morgan fingerprint density at radius 1 is 1.50 bits per heavy atom. The topological polar surface area (TPSA) is 52.3 Å². The molecule has 0 saturated heterocycles. The van der Waals surface area contributed by atoms with Crippen molar-refractivity contribution in [3.05, 3.63) is 34.9 Å². The van der Waals surface area contributed by atoms with Gasteiger partial charge in [0.15, 0.2) is 0 Å². The van der Waals surface area contributed by atoms with Gasteiger partial charge in [-0.2, -0.15) is 0 Å². The number of nitrogens with two attached hydrogens (primary N) is 1. The van der Waals surface area contributed by atoms with Gasteiger partial charge in [-0.3, -0.25) is 0 Å². The molecule has 16 heavy (non-hydrogen) atoms. The molecular weight excluding hydrogens is 249 g/mol. The number of ether oxygens (including phenoxy) is 1. The van der Waals surface area contributed by atoms with E-state index < -0.39 is 12.0 Å².